The second kappa shape index (κ2) is 5.06. The highest BCUT2D eigenvalue weighted by Gasteiger charge is 2.34. The summed E-state index contributed by atoms with van der Waals surface area (Å²) >= 11 is 0. The molecule has 0 saturated carbocycles. The van der Waals surface area contributed by atoms with Gasteiger partial charge in [-0.2, -0.15) is 5.10 Å². The van der Waals surface area contributed by atoms with Crippen LogP contribution in [0.25, 0.3) is 0 Å². The largest absolute Gasteiger partial charge is 0.479 e. The summed E-state index contributed by atoms with van der Waals surface area (Å²) in [5.74, 6) is 1.12. The molecule has 1 N–H and O–H groups in total. The Morgan fingerprint density at radius 1 is 1.56 bits per heavy atom. The molecule has 0 aromatic carbocycles. The summed E-state index contributed by atoms with van der Waals surface area (Å²) < 4.78 is 7.19. The second-order valence-electron chi connectivity index (χ2n) is 5.14. The molecular weight excluding hydrogens is 234 g/mol. The van der Waals surface area contributed by atoms with Crippen molar-refractivity contribution in [3.8, 4) is 0 Å². The molecular formula is C12H19N3O3. The van der Waals surface area contributed by atoms with E-state index < -0.39 is 12.1 Å². The van der Waals surface area contributed by atoms with Crippen LogP contribution >= 0.6 is 0 Å². The van der Waals surface area contributed by atoms with Crippen molar-refractivity contribution in [1.29, 1.82) is 0 Å². The van der Waals surface area contributed by atoms with Gasteiger partial charge in [0.25, 0.3) is 0 Å². The smallest absolute Gasteiger partial charge is 0.332 e. The van der Waals surface area contributed by atoms with Crippen molar-refractivity contribution in [3.63, 3.8) is 0 Å². The fraction of sp³-hybridized carbons (Fsp3) is 0.750. The first-order valence-electron chi connectivity index (χ1n) is 6.25. The second-order valence-corrected chi connectivity index (χ2v) is 5.14. The van der Waals surface area contributed by atoms with Gasteiger partial charge in [-0.1, -0.05) is 13.8 Å². The molecule has 6 nitrogen and oxygen atoms in total. The van der Waals surface area contributed by atoms with Gasteiger partial charge in [0.1, 0.15) is 6.10 Å². The maximum absolute atomic E-state index is 10.8. The molecule has 2 rings (SSSR count). The summed E-state index contributed by atoms with van der Waals surface area (Å²) in [7, 11) is 1.82. The summed E-state index contributed by atoms with van der Waals surface area (Å²) in [4.78, 5) is 15.3. The predicted octanol–water partition coefficient (Wildman–Crippen LogP) is 1.32. The summed E-state index contributed by atoms with van der Waals surface area (Å²) in [5, 5.41) is 13.2. The van der Waals surface area contributed by atoms with E-state index in [-0.39, 0.29) is 6.10 Å². The Bertz CT molecular complexity index is 442. The third-order valence-electron chi connectivity index (χ3n) is 3.01. The number of hydrogen-bond acceptors (Lipinski definition) is 4. The zero-order chi connectivity index (χ0) is 13.3. The Hall–Kier alpha value is -1.43. The Morgan fingerprint density at radius 2 is 2.28 bits per heavy atom. The van der Waals surface area contributed by atoms with Gasteiger partial charge in [-0.05, 0) is 18.8 Å². The number of aromatic nitrogens is 3. The molecule has 18 heavy (non-hydrogen) atoms. The van der Waals surface area contributed by atoms with E-state index in [0.717, 1.165) is 18.1 Å². The van der Waals surface area contributed by atoms with Crippen LogP contribution in [-0.2, 0) is 23.0 Å². The Morgan fingerprint density at radius 3 is 2.83 bits per heavy atom. The van der Waals surface area contributed by atoms with Gasteiger partial charge < -0.3 is 9.84 Å². The first-order chi connectivity index (χ1) is 8.47. The Kier molecular flexibility index (Phi) is 3.65. The molecule has 1 aliphatic rings. The van der Waals surface area contributed by atoms with E-state index in [1.165, 1.54) is 0 Å². The van der Waals surface area contributed by atoms with Crippen LogP contribution in [0.4, 0.5) is 0 Å². The van der Waals surface area contributed by atoms with Crippen LogP contribution in [0.15, 0.2) is 0 Å². The summed E-state index contributed by atoms with van der Waals surface area (Å²) in [6.07, 6.45) is 1.09. The van der Waals surface area contributed by atoms with Crippen LogP contribution in [0.1, 0.15) is 44.4 Å². The van der Waals surface area contributed by atoms with Crippen LogP contribution in [0, 0.1) is 5.92 Å². The molecule has 2 heterocycles. The highest BCUT2D eigenvalue weighted by atomic mass is 16.5. The van der Waals surface area contributed by atoms with Gasteiger partial charge in [-0.15, -0.1) is 0 Å². The van der Waals surface area contributed by atoms with Gasteiger partial charge >= 0.3 is 5.97 Å². The SMILES string of the molecule is CC(C)Cc1nc(C2CCC(C(=O)O)O2)n(C)n1. The molecule has 0 bridgehead atoms. The van der Waals surface area contributed by atoms with Crippen molar-refractivity contribution < 1.29 is 14.6 Å². The number of carboxylic acid groups (broad SMARTS) is 1. The zero-order valence-corrected chi connectivity index (χ0v) is 11.0. The lowest BCUT2D eigenvalue weighted by atomic mass is 10.1. The molecule has 0 spiro atoms. The van der Waals surface area contributed by atoms with E-state index in [0.29, 0.717) is 18.8 Å². The minimum Gasteiger partial charge on any atom is -0.479 e. The van der Waals surface area contributed by atoms with Crippen LogP contribution in [0.5, 0.6) is 0 Å². The van der Waals surface area contributed by atoms with Crippen LogP contribution in [0.3, 0.4) is 0 Å². The molecule has 100 valence electrons. The maximum atomic E-state index is 10.8. The number of nitrogens with zero attached hydrogens (tertiary/aromatic N) is 3. The number of carboxylic acids is 1. The van der Waals surface area contributed by atoms with Crippen molar-refractivity contribution >= 4 is 5.97 Å². The van der Waals surface area contributed by atoms with Crippen molar-refractivity contribution in [2.45, 2.75) is 45.3 Å². The molecule has 1 aromatic heterocycles. The van der Waals surface area contributed by atoms with E-state index in [1.54, 1.807) is 4.68 Å². The van der Waals surface area contributed by atoms with Gasteiger partial charge in [0, 0.05) is 13.5 Å². The van der Waals surface area contributed by atoms with Gasteiger partial charge in [0.05, 0.1) is 0 Å². The van der Waals surface area contributed by atoms with Crippen molar-refractivity contribution in [3.05, 3.63) is 11.6 Å². The standard InChI is InChI=1S/C12H19N3O3/c1-7(2)6-10-13-11(15(3)14-10)8-4-5-9(18-8)12(16)17/h7-9H,4-6H2,1-3H3,(H,16,17). The van der Waals surface area contributed by atoms with Crippen molar-refractivity contribution in [2.75, 3.05) is 0 Å². The quantitative estimate of drug-likeness (QED) is 0.875. The molecule has 1 aromatic rings. The van der Waals surface area contributed by atoms with Crippen LogP contribution < -0.4 is 0 Å². The molecule has 1 aliphatic heterocycles. The monoisotopic (exact) mass is 253 g/mol. The predicted molar refractivity (Wildman–Crippen MR) is 64.0 cm³/mol. The van der Waals surface area contributed by atoms with Crippen LogP contribution in [0.2, 0.25) is 0 Å². The molecule has 1 saturated heterocycles. The van der Waals surface area contributed by atoms with E-state index >= 15 is 0 Å². The lowest BCUT2D eigenvalue weighted by Crippen LogP contribution is -2.19. The molecule has 0 amide bonds. The number of ether oxygens (including phenoxy) is 1. The van der Waals surface area contributed by atoms with E-state index in [9.17, 15) is 4.79 Å². The average molecular weight is 253 g/mol. The van der Waals surface area contributed by atoms with Gasteiger partial charge in [0.2, 0.25) is 0 Å². The number of hydrogen-bond donors (Lipinski definition) is 1. The van der Waals surface area contributed by atoms with E-state index in [4.69, 9.17) is 9.84 Å². The Balaban J connectivity index is 2.10. The lowest BCUT2D eigenvalue weighted by Gasteiger charge is -2.09. The van der Waals surface area contributed by atoms with E-state index in [2.05, 4.69) is 23.9 Å². The first-order valence-corrected chi connectivity index (χ1v) is 6.25. The molecule has 2 atom stereocenters. The zero-order valence-electron chi connectivity index (χ0n) is 11.0. The summed E-state index contributed by atoms with van der Waals surface area (Å²) in [6, 6.07) is 0. The van der Waals surface area contributed by atoms with Crippen molar-refractivity contribution in [2.24, 2.45) is 13.0 Å². The van der Waals surface area contributed by atoms with Crippen molar-refractivity contribution in [1.82, 2.24) is 14.8 Å². The fourth-order valence-corrected chi connectivity index (χ4v) is 2.19. The minimum atomic E-state index is -0.901. The fourth-order valence-electron chi connectivity index (χ4n) is 2.19. The van der Waals surface area contributed by atoms with Gasteiger partial charge in [-0.25, -0.2) is 9.78 Å². The van der Waals surface area contributed by atoms with Gasteiger partial charge in [-0.3, -0.25) is 4.68 Å². The third kappa shape index (κ3) is 2.69. The number of carbonyl (C=O) groups is 1. The average Bonchev–Trinajstić information content (AvgIpc) is 2.83. The van der Waals surface area contributed by atoms with Gasteiger partial charge in [0.15, 0.2) is 17.8 Å². The number of aliphatic carboxylic acids is 1. The first kappa shape index (κ1) is 13.0. The maximum Gasteiger partial charge on any atom is 0.332 e. The van der Waals surface area contributed by atoms with E-state index in [1.807, 2.05) is 7.05 Å². The molecule has 0 aliphatic carbocycles. The summed E-state index contributed by atoms with van der Waals surface area (Å²) in [5.41, 5.74) is 0. The lowest BCUT2D eigenvalue weighted by molar-refractivity contribution is -0.149. The Labute approximate surface area is 106 Å². The number of rotatable bonds is 4. The topological polar surface area (TPSA) is 77.2 Å². The number of aryl methyl sites for hydroxylation is 1. The highest BCUT2D eigenvalue weighted by Crippen LogP contribution is 2.31. The molecule has 1 fully saturated rings. The minimum absolute atomic E-state index is 0.246. The van der Waals surface area contributed by atoms with Crippen LogP contribution in [-0.4, -0.2) is 31.9 Å². The molecule has 6 heteroatoms. The highest BCUT2D eigenvalue weighted by molar-refractivity contribution is 5.72. The normalized spacial score (nSPS) is 23.8. The molecule has 0 radical (unpaired) electrons. The third-order valence-corrected chi connectivity index (χ3v) is 3.01. The summed E-state index contributed by atoms with van der Waals surface area (Å²) in [6.45, 7) is 4.23. The molecule has 2 unspecified atom stereocenters.